The molecule has 35 heavy (non-hydrogen) atoms. The van der Waals surface area contributed by atoms with E-state index in [1.54, 1.807) is 12.1 Å². The van der Waals surface area contributed by atoms with Crippen LogP contribution >= 0.6 is 0 Å². The normalized spacial score (nSPS) is 11.5. The number of amides is 1. The van der Waals surface area contributed by atoms with Crippen LogP contribution in [0.3, 0.4) is 0 Å². The van der Waals surface area contributed by atoms with Crippen molar-refractivity contribution in [1.29, 1.82) is 0 Å². The third-order valence-corrected chi connectivity index (χ3v) is 7.35. The molecule has 0 aliphatic rings. The summed E-state index contributed by atoms with van der Waals surface area (Å²) < 4.78 is 26.5. The Kier molecular flexibility index (Phi) is 6.99. The number of nitrogens with zero attached hydrogens (tertiary/aromatic N) is 4. The Bertz CT molecular complexity index is 1490. The lowest BCUT2D eigenvalue weighted by Crippen LogP contribution is -2.32. The lowest BCUT2D eigenvalue weighted by Gasteiger charge is -2.24. The first-order valence-corrected chi connectivity index (χ1v) is 12.3. The third kappa shape index (κ3) is 5.42. The molecule has 1 aromatic heterocycles. The molecule has 0 unspecified atom stereocenters. The number of sulfonamides is 1. The van der Waals surface area contributed by atoms with Crippen molar-refractivity contribution in [2.45, 2.75) is 17.9 Å². The topological polar surface area (TPSA) is 101 Å². The number of Topliss-reactive ketones (excluding diaryl/α,β-unsaturated/α-hetero) is 1. The van der Waals surface area contributed by atoms with Gasteiger partial charge in [-0.25, -0.2) is 22.7 Å². The summed E-state index contributed by atoms with van der Waals surface area (Å²) in [6.07, 6.45) is 2.27. The van der Waals surface area contributed by atoms with E-state index in [1.165, 1.54) is 49.7 Å². The van der Waals surface area contributed by atoms with E-state index in [-0.39, 0.29) is 17.1 Å². The fourth-order valence-corrected chi connectivity index (χ4v) is 4.59. The van der Waals surface area contributed by atoms with Crippen molar-refractivity contribution in [3.05, 3.63) is 96.6 Å². The maximum Gasteiger partial charge on any atom is 0.242 e. The van der Waals surface area contributed by atoms with E-state index in [1.807, 2.05) is 42.5 Å². The monoisotopic (exact) mass is 488 g/mol. The van der Waals surface area contributed by atoms with Crippen molar-refractivity contribution in [3.8, 4) is 0 Å². The molecule has 4 aromatic rings. The fourth-order valence-electron chi connectivity index (χ4n) is 3.64. The third-order valence-electron chi connectivity index (χ3n) is 5.54. The molecule has 1 amide bonds. The average Bonchev–Trinajstić information content (AvgIpc) is 2.87. The second kappa shape index (κ2) is 10.1. The Morgan fingerprint density at radius 3 is 2.37 bits per heavy atom. The molecular weight excluding hydrogens is 464 g/mol. The molecule has 0 aliphatic heterocycles. The summed E-state index contributed by atoms with van der Waals surface area (Å²) in [4.78, 5) is 35.3. The molecule has 1 heterocycles. The van der Waals surface area contributed by atoms with E-state index in [9.17, 15) is 18.0 Å². The van der Waals surface area contributed by atoms with Gasteiger partial charge in [0, 0.05) is 26.0 Å². The molecule has 8 nitrogen and oxygen atoms in total. The van der Waals surface area contributed by atoms with Crippen molar-refractivity contribution in [2.24, 2.45) is 0 Å². The summed E-state index contributed by atoms with van der Waals surface area (Å²) in [5.74, 6) is -0.917. The quantitative estimate of drug-likeness (QED) is 0.277. The second-order valence-corrected chi connectivity index (χ2v) is 10.3. The number of ketones is 1. The molecule has 0 aliphatic carbocycles. The minimum Gasteiger partial charge on any atom is -0.308 e. The molecule has 4 rings (SSSR count). The highest BCUT2D eigenvalue weighted by atomic mass is 32.2. The molecule has 0 saturated heterocycles. The van der Waals surface area contributed by atoms with Gasteiger partial charge in [0.1, 0.15) is 12.0 Å². The highest BCUT2D eigenvalue weighted by molar-refractivity contribution is 7.89. The molecule has 0 N–H and O–H groups in total. The molecule has 0 radical (unpaired) electrons. The van der Waals surface area contributed by atoms with Crippen molar-refractivity contribution >= 4 is 38.2 Å². The fraction of sp³-hybridized carbons (Fsp3) is 0.154. The number of aromatic nitrogens is 2. The number of benzene rings is 3. The van der Waals surface area contributed by atoms with Gasteiger partial charge in [-0.15, -0.1) is 0 Å². The maximum atomic E-state index is 13.4. The molecule has 0 bridgehead atoms. The van der Waals surface area contributed by atoms with E-state index in [0.717, 1.165) is 20.6 Å². The highest BCUT2D eigenvalue weighted by Crippen LogP contribution is 2.25. The first-order chi connectivity index (χ1) is 16.8. The van der Waals surface area contributed by atoms with Crippen LogP contribution in [0, 0.1) is 0 Å². The first-order valence-electron chi connectivity index (χ1n) is 10.9. The molecular formula is C26H24N4O4S. The lowest BCUT2D eigenvalue weighted by atomic mass is 10.1. The summed E-state index contributed by atoms with van der Waals surface area (Å²) in [6.45, 7) is 0.159. The van der Waals surface area contributed by atoms with Gasteiger partial charge in [-0.3, -0.25) is 9.59 Å². The summed E-state index contributed by atoms with van der Waals surface area (Å²) in [7, 11) is -0.825. The summed E-state index contributed by atoms with van der Waals surface area (Å²) >= 11 is 0. The Balaban J connectivity index is 1.71. The van der Waals surface area contributed by atoms with Gasteiger partial charge in [-0.2, -0.15) is 0 Å². The number of hydrogen-bond acceptors (Lipinski definition) is 6. The highest BCUT2D eigenvalue weighted by Gasteiger charge is 2.24. The minimum atomic E-state index is -3.71. The molecule has 9 heteroatoms. The molecule has 0 atom stereocenters. The first kappa shape index (κ1) is 24.2. The SMILES string of the molecule is CN(C)S(=O)(=O)c1cccc(N(Cc2ccc3ccccc3c2)C(=O)CC(=O)c2ccncn2)c1. The zero-order chi connectivity index (χ0) is 25.0. The predicted molar refractivity (Wildman–Crippen MR) is 133 cm³/mol. The number of fused-ring (bicyclic) bond motifs is 1. The van der Waals surface area contributed by atoms with Crippen molar-refractivity contribution in [1.82, 2.24) is 14.3 Å². The van der Waals surface area contributed by atoms with E-state index in [4.69, 9.17) is 0 Å². The Morgan fingerprint density at radius 1 is 0.886 bits per heavy atom. The molecule has 178 valence electrons. The van der Waals surface area contributed by atoms with Gasteiger partial charge in [0.2, 0.25) is 15.9 Å². The summed E-state index contributed by atoms with van der Waals surface area (Å²) in [5, 5.41) is 2.07. The number of anilines is 1. The van der Waals surface area contributed by atoms with Crippen LogP contribution in [-0.4, -0.2) is 48.5 Å². The van der Waals surface area contributed by atoms with Crippen LogP contribution in [0.4, 0.5) is 5.69 Å². The molecule has 0 saturated carbocycles. The Hall–Kier alpha value is -3.95. The van der Waals surface area contributed by atoms with E-state index < -0.39 is 28.1 Å². The van der Waals surface area contributed by atoms with Gasteiger partial charge in [0.15, 0.2) is 5.78 Å². The zero-order valence-corrected chi connectivity index (χ0v) is 20.1. The summed E-state index contributed by atoms with van der Waals surface area (Å²) in [5.41, 5.74) is 1.36. The Morgan fingerprint density at radius 2 is 1.66 bits per heavy atom. The number of carbonyl (C=O) groups is 2. The van der Waals surface area contributed by atoms with E-state index in [0.29, 0.717) is 5.69 Å². The lowest BCUT2D eigenvalue weighted by molar-refractivity contribution is -0.117. The van der Waals surface area contributed by atoms with Crippen LogP contribution < -0.4 is 4.90 Å². The zero-order valence-electron chi connectivity index (χ0n) is 19.3. The van der Waals surface area contributed by atoms with Crippen LogP contribution in [0.2, 0.25) is 0 Å². The largest absolute Gasteiger partial charge is 0.308 e. The van der Waals surface area contributed by atoms with Crippen LogP contribution in [-0.2, 0) is 21.4 Å². The van der Waals surface area contributed by atoms with Crippen molar-refractivity contribution in [2.75, 3.05) is 19.0 Å². The van der Waals surface area contributed by atoms with Gasteiger partial charge in [-0.1, -0.05) is 42.5 Å². The number of hydrogen-bond donors (Lipinski definition) is 0. The smallest absolute Gasteiger partial charge is 0.242 e. The van der Waals surface area contributed by atoms with Crippen LogP contribution in [0.25, 0.3) is 10.8 Å². The molecule has 3 aromatic carbocycles. The van der Waals surface area contributed by atoms with Crippen LogP contribution in [0.15, 0.2) is 90.2 Å². The average molecular weight is 489 g/mol. The number of rotatable bonds is 8. The van der Waals surface area contributed by atoms with Gasteiger partial charge >= 0.3 is 0 Å². The van der Waals surface area contributed by atoms with Crippen molar-refractivity contribution < 1.29 is 18.0 Å². The summed E-state index contributed by atoms with van der Waals surface area (Å²) in [6, 6.07) is 21.3. The van der Waals surface area contributed by atoms with E-state index in [2.05, 4.69) is 9.97 Å². The van der Waals surface area contributed by atoms with Crippen LogP contribution in [0.5, 0.6) is 0 Å². The number of carbonyl (C=O) groups excluding carboxylic acids is 2. The second-order valence-electron chi connectivity index (χ2n) is 8.14. The Labute approximate surface area is 203 Å². The van der Waals surface area contributed by atoms with Gasteiger partial charge in [0.05, 0.1) is 17.9 Å². The van der Waals surface area contributed by atoms with Gasteiger partial charge in [0.25, 0.3) is 0 Å². The standard InChI is InChI=1S/C26H24N4O4S/c1-29(2)35(33,34)23-9-5-8-22(15-23)30(26(32)16-25(31)24-12-13-27-18-28-24)17-19-10-11-20-6-3-4-7-21(20)14-19/h3-15,18H,16-17H2,1-2H3. The minimum absolute atomic E-state index is 0.0541. The van der Waals surface area contributed by atoms with Crippen LogP contribution in [0.1, 0.15) is 22.5 Å². The van der Waals surface area contributed by atoms with Gasteiger partial charge < -0.3 is 4.90 Å². The van der Waals surface area contributed by atoms with Crippen molar-refractivity contribution in [3.63, 3.8) is 0 Å². The molecule has 0 spiro atoms. The van der Waals surface area contributed by atoms with E-state index >= 15 is 0 Å². The maximum absolute atomic E-state index is 13.4. The predicted octanol–water partition coefficient (Wildman–Crippen LogP) is 3.69. The van der Waals surface area contributed by atoms with Gasteiger partial charge in [-0.05, 0) is 46.7 Å². The molecule has 0 fully saturated rings.